The molecule has 1 saturated carbocycles. The van der Waals surface area contributed by atoms with Gasteiger partial charge in [0.05, 0.1) is 11.6 Å². The average molecular weight is 279 g/mol. The normalized spacial score (nSPS) is 22.5. The molecular weight excluding hydrogens is 258 g/mol. The second-order valence-corrected chi connectivity index (χ2v) is 5.53. The number of carboxylic acids is 1. The molecule has 1 aliphatic carbocycles. The number of nitrogens with one attached hydrogen (secondary N) is 1. The number of amides is 1. The van der Waals surface area contributed by atoms with Gasteiger partial charge in [0.1, 0.15) is 0 Å². The quantitative estimate of drug-likeness (QED) is 0.868. The van der Waals surface area contributed by atoms with Gasteiger partial charge in [-0.25, -0.2) is 0 Å². The first-order valence-corrected chi connectivity index (χ1v) is 6.97. The van der Waals surface area contributed by atoms with Gasteiger partial charge in [-0.3, -0.25) is 14.3 Å². The van der Waals surface area contributed by atoms with Gasteiger partial charge in [0.25, 0.3) is 0 Å². The summed E-state index contributed by atoms with van der Waals surface area (Å²) in [6.45, 7) is 2.36. The Bertz CT molecular complexity index is 510. The van der Waals surface area contributed by atoms with Gasteiger partial charge in [-0.2, -0.15) is 5.10 Å². The van der Waals surface area contributed by atoms with Crippen LogP contribution in [0.4, 0.5) is 0 Å². The van der Waals surface area contributed by atoms with E-state index in [4.69, 9.17) is 5.11 Å². The Labute approximate surface area is 118 Å². The third-order valence-electron chi connectivity index (χ3n) is 3.96. The lowest BCUT2D eigenvalue weighted by molar-refractivity contribution is -0.144. The molecule has 0 aromatic carbocycles. The van der Waals surface area contributed by atoms with E-state index in [1.807, 2.05) is 20.2 Å². The number of carbonyl (C=O) groups is 2. The Morgan fingerprint density at radius 3 is 2.75 bits per heavy atom. The summed E-state index contributed by atoms with van der Waals surface area (Å²) in [5.74, 6) is -1.38. The lowest BCUT2D eigenvalue weighted by atomic mass is 9.81. The lowest BCUT2D eigenvalue weighted by Gasteiger charge is -2.25. The van der Waals surface area contributed by atoms with E-state index in [1.54, 1.807) is 4.68 Å². The predicted molar refractivity (Wildman–Crippen MR) is 72.9 cm³/mol. The van der Waals surface area contributed by atoms with Crippen LogP contribution in [0.15, 0.2) is 6.20 Å². The van der Waals surface area contributed by atoms with Crippen molar-refractivity contribution in [2.45, 2.75) is 39.2 Å². The Morgan fingerprint density at radius 2 is 2.15 bits per heavy atom. The molecule has 1 aromatic rings. The third kappa shape index (κ3) is 3.37. The molecule has 2 unspecified atom stereocenters. The van der Waals surface area contributed by atoms with Crippen LogP contribution in [0.2, 0.25) is 0 Å². The van der Waals surface area contributed by atoms with E-state index < -0.39 is 5.97 Å². The standard InChI is InChI=1S/C14H21N3O3/c1-9-12(8-17(2)16-9)7-15-13(18)10-4-3-5-11(6-10)14(19)20/h8,10-11H,3-7H2,1-2H3,(H,15,18)(H,19,20). The maximum absolute atomic E-state index is 12.1. The summed E-state index contributed by atoms with van der Waals surface area (Å²) in [4.78, 5) is 23.1. The molecule has 1 aromatic heterocycles. The van der Waals surface area contributed by atoms with Crippen molar-refractivity contribution in [3.8, 4) is 0 Å². The molecule has 0 spiro atoms. The molecule has 0 radical (unpaired) electrons. The molecule has 2 rings (SSSR count). The van der Waals surface area contributed by atoms with Crippen LogP contribution < -0.4 is 5.32 Å². The highest BCUT2D eigenvalue weighted by molar-refractivity contribution is 5.80. The van der Waals surface area contributed by atoms with Crippen molar-refractivity contribution in [2.24, 2.45) is 18.9 Å². The van der Waals surface area contributed by atoms with Crippen molar-refractivity contribution < 1.29 is 14.7 Å². The van der Waals surface area contributed by atoms with Gasteiger partial charge in [-0.15, -0.1) is 0 Å². The monoisotopic (exact) mass is 279 g/mol. The second kappa shape index (κ2) is 6.07. The summed E-state index contributed by atoms with van der Waals surface area (Å²) in [5.41, 5.74) is 1.89. The van der Waals surface area contributed by atoms with Crippen LogP contribution in [-0.2, 0) is 23.2 Å². The topological polar surface area (TPSA) is 84.2 Å². The van der Waals surface area contributed by atoms with E-state index >= 15 is 0 Å². The SMILES string of the molecule is Cc1nn(C)cc1CNC(=O)C1CCCC(C(=O)O)C1. The fraction of sp³-hybridized carbons (Fsp3) is 0.643. The van der Waals surface area contributed by atoms with Crippen molar-refractivity contribution >= 4 is 11.9 Å². The van der Waals surface area contributed by atoms with Gasteiger partial charge >= 0.3 is 5.97 Å². The minimum absolute atomic E-state index is 0.0424. The van der Waals surface area contributed by atoms with Crippen molar-refractivity contribution in [3.63, 3.8) is 0 Å². The maximum Gasteiger partial charge on any atom is 0.306 e. The summed E-state index contributed by atoms with van der Waals surface area (Å²) in [5, 5.41) is 16.2. The molecule has 2 N–H and O–H groups in total. The number of aliphatic carboxylic acids is 1. The van der Waals surface area contributed by atoms with Crippen LogP contribution in [0.1, 0.15) is 36.9 Å². The maximum atomic E-state index is 12.1. The third-order valence-corrected chi connectivity index (χ3v) is 3.96. The van der Waals surface area contributed by atoms with Crippen LogP contribution in [0.3, 0.4) is 0 Å². The van der Waals surface area contributed by atoms with E-state index in [-0.39, 0.29) is 17.7 Å². The van der Waals surface area contributed by atoms with Crippen LogP contribution in [0.25, 0.3) is 0 Å². The zero-order valence-electron chi connectivity index (χ0n) is 11.9. The largest absolute Gasteiger partial charge is 0.481 e. The van der Waals surface area contributed by atoms with E-state index in [9.17, 15) is 9.59 Å². The van der Waals surface area contributed by atoms with Crippen LogP contribution in [0, 0.1) is 18.8 Å². The molecule has 2 atom stereocenters. The van der Waals surface area contributed by atoms with Gasteiger partial charge in [0.15, 0.2) is 0 Å². The van der Waals surface area contributed by atoms with Gasteiger partial charge in [0.2, 0.25) is 5.91 Å². The smallest absolute Gasteiger partial charge is 0.306 e. The van der Waals surface area contributed by atoms with Crippen molar-refractivity contribution in [3.05, 3.63) is 17.5 Å². The fourth-order valence-corrected chi connectivity index (χ4v) is 2.80. The van der Waals surface area contributed by atoms with Crippen molar-refractivity contribution in [1.82, 2.24) is 15.1 Å². The first kappa shape index (κ1) is 14.6. The summed E-state index contributed by atoms with van der Waals surface area (Å²) in [7, 11) is 1.84. The minimum atomic E-state index is -0.786. The second-order valence-electron chi connectivity index (χ2n) is 5.53. The van der Waals surface area contributed by atoms with Crippen LogP contribution in [-0.4, -0.2) is 26.8 Å². The highest BCUT2D eigenvalue weighted by atomic mass is 16.4. The molecule has 6 nitrogen and oxygen atoms in total. The number of nitrogens with zero attached hydrogens (tertiary/aromatic N) is 2. The lowest BCUT2D eigenvalue weighted by Crippen LogP contribution is -2.35. The van der Waals surface area contributed by atoms with E-state index in [1.165, 1.54) is 0 Å². The molecule has 6 heteroatoms. The van der Waals surface area contributed by atoms with E-state index in [0.29, 0.717) is 19.4 Å². The van der Waals surface area contributed by atoms with Crippen LogP contribution >= 0.6 is 0 Å². The Kier molecular flexibility index (Phi) is 4.42. The fourth-order valence-electron chi connectivity index (χ4n) is 2.80. The Balaban J connectivity index is 1.88. The molecule has 20 heavy (non-hydrogen) atoms. The van der Waals surface area contributed by atoms with Gasteiger partial charge in [-0.1, -0.05) is 6.42 Å². The van der Waals surface area contributed by atoms with Gasteiger partial charge < -0.3 is 10.4 Å². The number of aryl methyl sites for hydroxylation is 2. The van der Waals surface area contributed by atoms with Gasteiger partial charge in [-0.05, 0) is 26.2 Å². The van der Waals surface area contributed by atoms with E-state index in [0.717, 1.165) is 24.1 Å². The van der Waals surface area contributed by atoms with Gasteiger partial charge in [0, 0.05) is 31.3 Å². The summed E-state index contributed by atoms with van der Waals surface area (Å²) < 4.78 is 1.72. The first-order chi connectivity index (χ1) is 9.47. The average Bonchev–Trinajstić information content (AvgIpc) is 2.74. The Morgan fingerprint density at radius 1 is 1.45 bits per heavy atom. The number of aromatic nitrogens is 2. The molecular formula is C14H21N3O3. The molecule has 1 heterocycles. The summed E-state index contributed by atoms with van der Waals surface area (Å²) >= 11 is 0. The molecule has 0 aliphatic heterocycles. The number of hydrogen-bond acceptors (Lipinski definition) is 3. The molecule has 1 aliphatic rings. The molecule has 110 valence electrons. The Hall–Kier alpha value is -1.85. The number of rotatable bonds is 4. The summed E-state index contributed by atoms with van der Waals surface area (Å²) in [6.07, 6.45) is 4.60. The number of carbonyl (C=O) groups excluding carboxylic acids is 1. The summed E-state index contributed by atoms with van der Waals surface area (Å²) in [6, 6.07) is 0. The highest BCUT2D eigenvalue weighted by Crippen LogP contribution is 2.29. The molecule has 1 amide bonds. The molecule has 0 bridgehead atoms. The van der Waals surface area contributed by atoms with Crippen molar-refractivity contribution in [2.75, 3.05) is 0 Å². The van der Waals surface area contributed by atoms with E-state index in [2.05, 4.69) is 10.4 Å². The minimum Gasteiger partial charge on any atom is -0.481 e. The molecule has 1 fully saturated rings. The zero-order valence-corrected chi connectivity index (χ0v) is 11.9. The zero-order chi connectivity index (χ0) is 14.7. The number of carboxylic acid groups (broad SMARTS) is 1. The number of hydrogen-bond donors (Lipinski definition) is 2. The predicted octanol–water partition coefficient (Wildman–Crippen LogP) is 1.24. The first-order valence-electron chi connectivity index (χ1n) is 6.97. The molecule has 0 saturated heterocycles. The van der Waals surface area contributed by atoms with Crippen LogP contribution in [0.5, 0.6) is 0 Å². The van der Waals surface area contributed by atoms with Crippen molar-refractivity contribution in [1.29, 1.82) is 0 Å². The highest BCUT2D eigenvalue weighted by Gasteiger charge is 2.30.